The third-order valence-electron chi connectivity index (χ3n) is 9.34. The van der Waals surface area contributed by atoms with Gasteiger partial charge in [0, 0.05) is 65.2 Å². The lowest BCUT2D eigenvalue weighted by Gasteiger charge is -2.44. The van der Waals surface area contributed by atoms with E-state index in [1.807, 2.05) is 13.8 Å². The second kappa shape index (κ2) is 20.1. The van der Waals surface area contributed by atoms with Gasteiger partial charge in [0.1, 0.15) is 37.6 Å². The summed E-state index contributed by atoms with van der Waals surface area (Å²) in [5.74, 6) is -6.41. The Morgan fingerprint density at radius 2 is 0.836 bits per heavy atom. The molecule has 0 amide bonds. The summed E-state index contributed by atoms with van der Waals surface area (Å²) in [6, 6.07) is 0. The van der Waals surface area contributed by atoms with Crippen molar-refractivity contribution in [2.45, 2.75) is 150 Å². The lowest BCUT2D eigenvalue weighted by molar-refractivity contribution is -0.293. The Hall–Kier alpha value is -3.42. The van der Waals surface area contributed by atoms with Gasteiger partial charge in [0.05, 0.1) is 25.4 Å². The van der Waals surface area contributed by atoms with Crippen LogP contribution in [0.1, 0.15) is 83.1 Å². The van der Waals surface area contributed by atoms with E-state index in [1.54, 1.807) is 27.7 Å². The summed E-state index contributed by atoms with van der Waals surface area (Å²) in [7, 11) is 0. The summed E-state index contributed by atoms with van der Waals surface area (Å²) in [6.45, 7) is 17.8. The first-order valence-corrected chi connectivity index (χ1v) is 18.4. The quantitative estimate of drug-likeness (QED) is 0.162. The predicted molar refractivity (Wildman–Crippen MR) is 185 cm³/mol. The van der Waals surface area contributed by atoms with Gasteiger partial charge in [-0.3, -0.25) is 28.8 Å². The summed E-state index contributed by atoms with van der Waals surface area (Å²) < 4.78 is 70.0. The zero-order chi connectivity index (χ0) is 41.4. The third kappa shape index (κ3) is 13.3. The van der Waals surface area contributed by atoms with Crippen LogP contribution in [0.4, 0.5) is 0 Å². The van der Waals surface area contributed by atoms with Crippen molar-refractivity contribution in [3.63, 3.8) is 0 Å². The first-order valence-electron chi connectivity index (χ1n) is 18.4. The lowest BCUT2D eigenvalue weighted by atomic mass is 9.90. The van der Waals surface area contributed by atoms with Gasteiger partial charge in [-0.25, -0.2) is 0 Å². The molecule has 14 atom stereocenters. The van der Waals surface area contributed by atoms with E-state index in [-0.39, 0.29) is 38.3 Å². The van der Waals surface area contributed by atoms with Gasteiger partial charge in [-0.15, -0.1) is 0 Å². The maximum atomic E-state index is 12.1. The van der Waals surface area contributed by atoms with Gasteiger partial charge in [0.15, 0.2) is 30.6 Å². The molecule has 0 saturated carbocycles. The fourth-order valence-electron chi connectivity index (χ4n) is 6.91. The van der Waals surface area contributed by atoms with Crippen LogP contribution in [-0.2, 0) is 85.6 Å². The van der Waals surface area contributed by atoms with E-state index >= 15 is 0 Å². The molecule has 0 aromatic heterocycles. The molecule has 314 valence electrons. The van der Waals surface area contributed by atoms with Gasteiger partial charge in [-0.1, -0.05) is 27.7 Å². The largest absolute Gasteiger partial charge is 0.463 e. The summed E-state index contributed by atoms with van der Waals surface area (Å²) in [6.07, 6.45) is -8.97. The summed E-state index contributed by atoms with van der Waals surface area (Å²) >= 11 is 0. The molecular weight excluding hydrogens is 732 g/mol. The Morgan fingerprint density at radius 1 is 0.527 bits per heavy atom. The van der Waals surface area contributed by atoms with Crippen LogP contribution < -0.4 is 0 Å². The zero-order valence-corrected chi connectivity index (χ0v) is 33.8. The smallest absolute Gasteiger partial charge is 0.303 e. The van der Waals surface area contributed by atoms with Crippen molar-refractivity contribution in [1.82, 2.24) is 0 Å². The maximum Gasteiger partial charge on any atom is 0.303 e. The van der Waals surface area contributed by atoms with Crippen molar-refractivity contribution >= 4 is 35.8 Å². The van der Waals surface area contributed by atoms with Crippen LogP contribution in [0.15, 0.2) is 0 Å². The molecule has 3 aliphatic rings. The number of carbonyl (C=O) groups excluding carboxylic acids is 6. The molecule has 3 fully saturated rings. The maximum absolute atomic E-state index is 12.1. The summed E-state index contributed by atoms with van der Waals surface area (Å²) in [5.41, 5.74) is 0. The number of carbonyl (C=O) groups is 6. The molecule has 0 aromatic rings. The SMILES string of the molecule is CC(=O)OC[C@H]1O[C@@H](OC[C@@H](C)[C@H]2OC(C)(C)O[C@@H]2[C@H](C)COC2O[C@H](COC(C)=O)[C@@H](OC(C)=O)[C@H](OC(C)=O)[C@H]2C)[C@H](C)[C@@H](OC(C)=O)[C@@H]1OC(C)=O. The minimum Gasteiger partial charge on any atom is -0.463 e. The van der Waals surface area contributed by atoms with E-state index in [2.05, 4.69) is 0 Å². The second-order valence-electron chi connectivity index (χ2n) is 14.9. The Morgan fingerprint density at radius 3 is 1.13 bits per heavy atom. The van der Waals surface area contributed by atoms with Crippen LogP contribution >= 0.6 is 0 Å². The number of rotatable bonds is 16. The van der Waals surface area contributed by atoms with E-state index in [9.17, 15) is 28.8 Å². The molecule has 18 nitrogen and oxygen atoms in total. The molecule has 3 rings (SSSR count). The van der Waals surface area contributed by atoms with E-state index < -0.39 is 115 Å². The van der Waals surface area contributed by atoms with Gasteiger partial charge in [-0.2, -0.15) is 0 Å². The normalized spacial score (nSPS) is 34.0. The minimum atomic E-state index is -1.06. The Bertz CT molecular complexity index is 1250. The molecule has 0 aliphatic carbocycles. The molecule has 0 N–H and O–H groups in total. The molecule has 0 spiro atoms. The molecular formula is C37H58O18. The molecule has 0 aromatic carbocycles. The van der Waals surface area contributed by atoms with E-state index in [0.29, 0.717) is 0 Å². The van der Waals surface area contributed by atoms with Gasteiger partial charge in [0.25, 0.3) is 0 Å². The number of hydrogen-bond acceptors (Lipinski definition) is 18. The minimum absolute atomic E-state index is 0.0939. The van der Waals surface area contributed by atoms with E-state index in [0.717, 1.165) is 0 Å². The summed E-state index contributed by atoms with van der Waals surface area (Å²) in [4.78, 5) is 71.4. The molecule has 3 saturated heterocycles. The van der Waals surface area contributed by atoms with E-state index in [1.165, 1.54) is 41.5 Å². The summed E-state index contributed by atoms with van der Waals surface area (Å²) in [5, 5.41) is 0. The Kier molecular flexibility index (Phi) is 16.8. The van der Waals surface area contributed by atoms with Crippen LogP contribution in [0.5, 0.6) is 0 Å². The predicted octanol–water partition coefficient (Wildman–Crippen LogP) is 2.39. The van der Waals surface area contributed by atoms with Crippen molar-refractivity contribution in [2.75, 3.05) is 26.4 Å². The highest BCUT2D eigenvalue weighted by Crippen LogP contribution is 2.38. The van der Waals surface area contributed by atoms with Gasteiger partial charge in [-0.05, 0) is 13.8 Å². The number of hydrogen-bond donors (Lipinski definition) is 0. The Labute approximate surface area is 321 Å². The van der Waals surface area contributed by atoms with Crippen molar-refractivity contribution in [3.05, 3.63) is 0 Å². The molecule has 3 heterocycles. The first-order chi connectivity index (χ1) is 25.6. The van der Waals surface area contributed by atoms with Crippen molar-refractivity contribution in [1.29, 1.82) is 0 Å². The van der Waals surface area contributed by atoms with Crippen molar-refractivity contribution in [2.24, 2.45) is 23.7 Å². The number of ether oxygens (including phenoxy) is 12. The van der Waals surface area contributed by atoms with Crippen molar-refractivity contribution < 1.29 is 85.6 Å². The van der Waals surface area contributed by atoms with Crippen LogP contribution in [0.3, 0.4) is 0 Å². The molecule has 3 aliphatic heterocycles. The molecule has 18 heteroatoms. The average molecular weight is 791 g/mol. The highest BCUT2D eigenvalue weighted by molar-refractivity contribution is 5.68. The van der Waals surface area contributed by atoms with Crippen LogP contribution in [0.25, 0.3) is 0 Å². The topological polar surface area (TPSA) is 213 Å². The standard InChI is InChI=1S/C37H58O18/c1-17(13-46-35-19(3)31(48-23(7)40)33(50-25(9)42)27(52-35)15-44-21(5)38)29-30(55-37(11,12)54-29)18(2)14-47-36-20(4)32(49-24(8)41)34(51-26(10)43)28(53-36)16-45-22(6)39/h17-20,27-36H,13-16H2,1-12H3/t17-,18-,19-,20-,27-,28-,29-,30-,31-,32-,33-,34-,35-,36?/m1/s1. The molecule has 55 heavy (non-hydrogen) atoms. The van der Waals surface area contributed by atoms with Crippen LogP contribution in [0, 0.1) is 23.7 Å². The average Bonchev–Trinajstić information content (AvgIpc) is 3.40. The van der Waals surface area contributed by atoms with Gasteiger partial charge >= 0.3 is 35.8 Å². The molecule has 0 radical (unpaired) electrons. The van der Waals surface area contributed by atoms with Gasteiger partial charge < -0.3 is 56.8 Å². The Balaban J connectivity index is 1.75. The van der Waals surface area contributed by atoms with Crippen LogP contribution in [-0.4, -0.2) is 129 Å². The fourth-order valence-corrected chi connectivity index (χ4v) is 6.91. The highest BCUT2D eigenvalue weighted by Gasteiger charge is 2.52. The van der Waals surface area contributed by atoms with Gasteiger partial charge in [0.2, 0.25) is 0 Å². The highest BCUT2D eigenvalue weighted by atomic mass is 16.8. The van der Waals surface area contributed by atoms with Crippen molar-refractivity contribution in [3.8, 4) is 0 Å². The zero-order valence-electron chi connectivity index (χ0n) is 33.8. The van der Waals surface area contributed by atoms with Crippen LogP contribution in [0.2, 0.25) is 0 Å². The second-order valence-corrected chi connectivity index (χ2v) is 14.9. The third-order valence-corrected chi connectivity index (χ3v) is 9.34. The molecule has 0 bridgehead atoms. The first kappa shape index (κ1) is 46.0. The van der Waals surface area contributed by atoms with E-state index in [4.69, 9.17) is 56.8 Å². The molecule has 1 unspecified atom stereocenters. The lowest BCUT2D eigenvalue weighted by Crippen LogP contribution is -2.58. The fraction of sp³-hybridized carbons (Fsp3) is 0.838. The monoisotopic (exact) mass is 790 g/mol. The number of esters is 6.